The first-order valence-electron chi connectivity index (χ1n) is 9.07. The van der Waals surface area contributed by atoms with Crippen LogP contribution in [-0.4, -0.2) is 22.5 Å². The van der Waals surface area contributed by atoms with E-state index in [1.54, 1.807) is 0 Å². The van der Waals surface area contributed by atoms with Crippen LogP contribution in [0, 0.1) is 11.8 Å². The van der Waals surface area contributed by atoms with Gasteiger partial charge in [-0.2, -0.15) is 0 Å². The number of carbonyl (C=O) groups excluding carboxylic acids is 1. The Kier molecular flexibility index (Phi) is 3.75. The summed E-state index contributed by atoms with van der Waals surface area (Å²) >= 11 is 0. The van der Waals surface area contributed by atoms with E-state index in [-0.39, 0.29) is 17.3 Å². The molecule has 1 aromatic heterocycles. The molecule has 24 heavy (non-hydrogen) atoms. The lowest BCUT2D eigenvalue weighted by Gasteiger charge is -2.47. The fourth-order valence-corrected chi connectivity index (χ4v) is 5.01. The van der Waals surface area contributed by atoms with Crippen LogP contribution in [-0.2, 0) is 4.74 Å². The Labute approximate surface area is 143 Å². The molecule has 4 rings (SSSR count). The molecule has 5 atom stereocenters. The number of aromatic nitrogens is 1. The van der Waals surface area contributed by atoms with Crippen LogP contribution in [0.1, 0.15) is 68.2 Å². The van der Waals surface area contributed by atoms with Gasteiger partial charge in [-0.25, -0.2) is 4.98 Å². The molecule has 2 aliphatic carbocycles. The van der Waals surface area contributed by atoms with Crippen LogP contribution < -0.4 is 0 Å². The molecule has 0 amide bonds. The number of Topliss-reactive ketones (excluding diaryl/α,β-unsaturated/α-hetero) is 1. The van der Waals surface area contributed by atoms with E-state index in [2.05, 4.69) is 24.6 Å². The van der Waals surface area contributed by atoms with Crippen LogP contribution in [0.25, 0.3) is 0 Å². The summed E-state index contributed by atoms with van der Waals surface area (Å²) in [5.41, 5.74) is 1.70. The molecular weight excluding hydrogens is 302 g/mol. The molecule has 1 saturated heterocycles. The average molecular weight is 327 g/mol. The highest BCUT2D eigenvalue weighted by atomic mass is 16.6. The number of hydrogen-bond donors (Lipinski definition) is 0. The fraction of sp³-hybridized carbons (Fsp3) is 0.600. The van der Waals surface area contributed by atoms with Crippen molar-refractivity contribution in [3.8, 4) is 0 Å². The van der Waals surface area contributed by atoms with E-state index in [9.17, 15) is 4.79 Å². The van der Waals surface area contributed by atoms with Crippen LogP contribution >= 0.6 is 0 Å². The molecule has 2 heterocycles. The maximum absolute atomic E-state index is 11.5. The van der Waals surface area contributed by atoms with Crippen LogP contribution in [0.15, 0.2) is 35.0 Å². The molecule has 0 N–H and O–H groups in total. The van der Waals surface area contributed by atoms with Crippen molar-refractivity contribution in [2.24, 2.45) is 11.8 Å². The normalized spacial score (nSPS) is 36.7. The van der Waals surface area contributed by atoms with Gasteiger partial charge in [0.25, 0.3) is 0 Å². The molecule has 128 valence electrons. The molecular formula is C20H25NO3. The van der Waals surface area contributed by atoms with Crippen molar-refractivity contribution in [3.63, 3.8) is 0 Å². The Bertz CT molecular complexity index is 703. The van der Waals surface area contributed by atoms with E-state index in [4.69, 9.17) is 9.15 Å². The molecule has 1 aliphatic heterocycles. The lowest BCUT2D eigenvalue weighted by atomic mass is 9.55. The molecule has 3 fully saturated rings. The number of ketones is 1. The smallest absolute Gasteiger partial charge is 0.201 e. The SMILES string of the molecule is C=CC(=CC[C@@H]1C(c2nc(C(C)=O)co2)[C@@]23O[C@@H]2CC[C@H]13)CCC. The Morgan fingerprint density at radius 2 is 2.33 bits per heavy atom. The van der Waals surface area contributed by atoms with Gasteiger partial charge in [-0.1, -0.05) is 37.6 Å². The zero-order chi connectivity index (χ0) is 16.9. The van der Waals surface area contributed by atoms with Crippen LogP contribution in [0.2, 0.25) is 0 Å². The predicted molar refractivity (Wildman–Crippen MR) is 90.9 cm³/mol. The van der Waals surface area contributed by atoms with Gasteiger partial charge in [-0.05, 0) is 37.5 Å². The highest BCUT2D eigenvalue weighted by molar-refractivity contribution is 5.91. The van der Waals surface area contributed by atoms with Gasteiger partial charge < -0.3 is 9.15 Å². The van der Waals surface area contributed by atoms with Crippen molar-refractivity contribution in [2.75, 3.05) is 0 Å². The summed E-state index contributed by atoms with van der Waals surface area (Å²) in [4.78, 5) is 16.0. The zero-order valence-corrected chi connectivity index (χ0v) is 14.5. The van der Waals surface area contributed by atoms with E-state index < -0.39 is 0 Å². The molecule has 4 nitrogen and oxygen atoms in total. The van der Waals surface area contributed by atoms with Crippen molar-refractivity contribution >= 4 is 5.78 Å². The Balaban J connectivity index is 1.58. The second-order valence-corrected chi connectivity index (χ2v) is 7.38. The Morgan fingerprint density at radius 1 is 1.50 bits per heavy atom. The lowest BCUT2D eigenvalue weighted by molar-refractivity contribution is -0.0183. The first-order valence-corrected chi connectivity index (χ1v) is 9.07. The van der Waals surface area contributed by atoms with E-state index in [0.29, 0.717) is 29.5 Å². The number of rotatable bonds is 7. The van der Waals surface area contributed by atoms with Crippen molar-refractivity contribution in [2.45, 2.75) is 63.6 Å². The minimum absolute atomic E-state index is 0.0451. The van der Waals surface area contributed by atoms with Gasteiger partial charge in [-0.3, -0.25) is 4.79 Å². The van der Waals surface area contributed by atoms with Crippen LogP contribution in [0.4, 0.5) is 0 Å². The van der Waals surface area contributed by atoms with Crippen LogP contribution in [0.3, 0.4) is 0 Å². The third kappa shape index (κ3) is 2.16. The van der Waals surface area contributed by atoms with Crippen molar-refractivity contribution in [1.82, 2.24) is 4.98 Å². The summed E-state index contributed by atoms with van der Waals surface area (Å²) in [6, 6.07) is 0. The second-order valence-electron chi connectivity index (χ2n) is 7.38. The fourth-order valence-electron chi connectivity index (χ4n) is 5.01. The second kappa shape index (κ2) is 5.69. The quantitative estimate of drug-likeness (QED) is 0.422. The first kappa shape index (κ1) is 15.8. The monoisotopic (exact) mass is 327 g/mol. The van der Waals surface area contributed by atoms with Gasteiger partial charge in [0.2, 0.25) is 5.89 Å². The van der Waals surface area contributed by atoms with E-state index in [1.807, 2.05) is 6.08 Å². The van der Waals surface area contributed by atoms with Gasteiger partial charge in [0.1, 0.15) is 17.6 Å². The summed E-state index contributed by atoms with van der Waals surface area (Å²) in [5.74, 6) is 1.92. The summed E-state index contributed by atoms with van der Waals surface area (Å²) in [7, 11) is 0. The number of nitrogens with zero attached hydrogens (tertiary/aromatic N) is 1. The number of allylic oxidation sites excluding steroid dienone is 3. The van der Waals surface area contributed by atoms with E-state index in [1.165, 1.54) is 25.2 Å². The summed E-state index contributed by atoms with van der Waals surface area (Å²) in [5, 5.41) is 0. The zero-order valence-electron chi connectivity index (χ0n) is 14.5. The van der Waals surface area contributed by atoms with E-state index >= 15 is 0 Å². The molecule has 2 saturated carbocycles. The van der Waals surface area contributed by atoms with Gasteiger partial charge in [0.05, 0.1) is 12.0 Å². The Hall–Kier alpha value is -1.68. The topological polar surface area (TPSA) is 55.6 Å². The molecule has 0 aromatic carbocycles. The maximum Gasteiger partial charge on any atom is 0.201 e. The number of hydrogen-bond acceptors (Lipinski definition) is 4. The number of ether oxygens (including phenoxy) is 1. The summed E-state index contributed by atoms with van der Waals surface area (Å²) in [6.45, 7) is 7.64. The van der Waals surface area contributed by atoms with Gasteiger partial charge >= 0.3 is 0 Å². The highest BCUT2D eigenvalue weighted by Crippen LogP contribution is 2.74. The van der Waals surface area contributed by atoms with Crippen LogP contribution in [0.5, 0.6) is 0 Å². The molecule has 1 unspecified atom stereocenters. The molecule has 1 spiro atoms. The summed E-state index contributed by atoms with van der Waals surface area (Å²) < 4.78 is 11.7. The minimum atomic E-state index is -0.0496. The standard InChI is InChI=1S/C20H25NO3/c1-4-6-13(5-2)7-8-14-15-9-10-17-20(15,24-17)18(14)19-21-16(11-23-19)12(3)22/h5,7,11,14-15,17-18H,2,4,6,8-10H2,1,3H3/t14-,15+,17+,18?,20-/m0/s1. The number of epoxide rings is 1. The largest absolute Gasteiger partial charge is 0.448 e. The Morgan fingerprint density at radius 3 is 2.96 bits per heavy atom. The number of oxazole rings is 1. The molecule has 0 radical (unpaired) electrons. The van der Waals surface area contributed by atoms with Gasteiger partial charge in [0, 0.05) is 6.92 Å². The van der Waals surface area contributed by atoms with E-state index in [0.717, 1.165) is 25.7 Å². The third-order valence-electron chi connectivity index (χ3n) is 6.14. The average Bonchev–Trinajstić information content (AvgIpc) is 2.97. The molecule has 1 aromatic rings. The minimum Gasteiger partial charge on any atom is -0.448 e. The molecule has 4 heteroatoms. The predicted octanol–water partition coefficient (Wildman–Crippen LogP) is 4.44. The highest BCUT2D eigenvalue weighted by Gasteiger charge is 2.80. The van der Waals surface area contributed by atoms with Gasteiger partial charge in [0.15, 0.2) is 5.78 Å². The van der Waals surface area contributed by atoms with Crippen molar-refractivity contribution in [1.29, 1.82) is 0 Å². The maximum atomic E-state index is 11.5. The third-order valence-corrected chi connectivity index (χ3v) is 6.14. The lowest BCUT2D eigenvalue weighted by Crippen LogP contribution is -2.51. The van der Waals surface area contributed by atoms with Gasteiger partial charge in [-0.15, -0.1) is 0 Å². The number of carbonyl (C=O) groups is 1. The molecule has 3 aliphatic rings. The van der Waals surface area contributed by atoms with Crippen molar-refractivity contribution in [3.05, 3.63) is 42.2 Å². The molecule has 0 bridgehead atoms. The van der Waals surface area contributed by atoms with Crippen molar-refractivity contribution < 1.29 is 13.9 Å². The summed E-state index contributed by atoms with van der Waals surface area (Å²) in [6.07, 6.45) is 11.7. The first-order chi connectivity index (χ1) is 11.6.